The quantitative estimate of drug-likeness (QED) is 0.442. The molecule has 0 fully saturated rings. The Bertz CT molecular complexity index is 138. The van der Waals surface area contributed by atoms with Crippen molar-refractivity contribution in [2.75, 3.05) is 6.61 Å². The third-order valence-corrected chi connectivity index (χ3v) is 1.15. The lowest BCUT2D eigenvalue weighted by Gasteiger charge is -2.06. The van der Waals surface area contributed by atoms with E-state index in [2.05, 4.69) is 6.58 Å². The van der Waals surface area contributed by atoms with E-state index in [-0.39, 0.29) is 0 Å². The summed E-state index contributed by atoms with van der Waals surface area (Å²) in [4.78, 5) is 0. The van der Waals surface area contributed by atoms with Gasteiger partial charge in [0.25, 0.3) is 0 Å². The van der Waals surface area contributed by atoms with Gasteiger partial charge >= 0.3 is 0 Å². The maximum Gasteiger partial charge on any atom is 0.213 e. The summed E-state index contributed by atoms with van der Waals surface area (Å²) in [6.45, 7) is 7.58. The lowest BCUT2D eigenvalue weighted by Crippen LogP contribution is -2.10. The van der Waals surface area contributed by atoms with Gasteiger partial charge in [0.05, 0.1) is 6.61 Å². The first-order valence-electron chi connectivity index (χ1n) is 3.76. The van der Waals surface area contributed by atoms with Crippen LogP contribution >= 0.6 is 0 Å². The molecule has 0 rings (SSSR count). The van der Waals surface area contributed by atoms with Crippen LogP contribution in [-0.4, -0.2) is 12.9 Å². The molecule has 2 heteroatoms. The molecule has 0 saturated carbocycles. The monoisotopic (exact) mass is 155 g/mol. The second-order valence-corrected chi connectivity index (χ2v) is 2.39. The number of ether oxygens (including phenoxy) is 1. The largest absolute Gasteiger partial charge is 0.342 e. The lowest BCUT2D eigenvalue weighted by molar-refractivity contribution is -0.104. The van der Waals surface area contributed by atoms with Gasteiger partial charge < -0.3 is 4.74 Å². The fraction of sp³-hybridized carbons (Fsp3) is 0.556. The summed E-state index contributed by atoms with van der Waals surface area (Å²) in [5, 5.41) is 10.8. The molecule has 0 amide bonds. The van der Waals surface area contributed by atoms with Crippen molar-refractivity contribution in [1.29, 1.82) is 0 Å². The number of hydrogen-bond donors (Lipinski definition) is 0. The van der Waals surface area contributed by atoms with Crippen molar-refractivity contribution in [1.82, 2.24) is 0 Å². The summed E-state index contributed by atoms with van der Waals surface area (Å²) in [6, 6.07) is 0. The van der Waals surface area contributed by atoms with Crippen LogP contribution in [-0.2, 0) is 9.84 Å². The van der Waals surface area contributed by atoms with E-state index in [4.69, 9.17) is 4.74 Å². The summed E-state index contributed by atoms with van der Waals surface area (Å²) in [6.07, 6.45) is 3.70. The van der Waals surface area contributed by atoms with E-state index in [0.29, 0.717) is 12.2 Å². The molecule has 0 N–H and O–H groups in total. The van der Waals surface area contributed by atoms with Crippen molar-refractivity contribution in [3.63, 3.8) is 0 Å². The summed E-state index contributed by atoms with van der Waals surface area (Å²) >= 11 is 0. The van der Waals surface area contributed by atoms with Gasteiger partial charge in [-0.25, -0.2) is 0 Å². The molecule has 0 saturated heterocycles. The van der Waals surface area contributed by atoms with Crippen LogP contribution < -0.4 is 0 Å². The number of allylic oxidation sites excluding steroid dienone is 1. The van der Waals surface area contributed by atoms with Gasteiger partial charge in [-0.1, -0.05) is 25.7 Å². The van der Waals surface area contributed by atoms with Crippen LogP contribution in [0.15, 0.2) is 24.3 Å². The van der Waals surface area contributed by atoms with Crippen LogP contribution in [0, 0.1) is 0 Å². The standard InChI is InChI=1S/C9H15O2/c1-4-5-6-7-11-9(10)8(2)3/h5-6,9H,2,4,7H2,1,3H3. The van der Waals surface area contributed by atoms with Crippen molar-refractivity contribution < 1.29 is 9.84 Å². The Labute approximate surface area is 68.2 Å². The zero-order valence-corrected chi connectivity index (χ0v) is 7.17. The molecule has 1 unspecified atom stereocenters. The van der Waals surface area contributed by atoms with E-state index in [1.165, 1.54) is 0 Å². The SMILES string of the molecule is C=C(C)C([O])OCC=CCC. The molecule has 0 aliphatic heterocycles. The third kappa shape index (κ3) is 5.83. The average molecular weight is 155 g/mol. The van der Waals surface area contributed by atoms with E-state index >= 15 is 0 Å². The summed E-state index contributed by atoms with van der Waals surface area (Å²) in [7, 11) is 0. The van der Waals surface area contributed by atoms with Crippen molar-refractivity contribution in [3.8, 4) is 0 Å². The van der Waals surface area contributed by atoms with Crippen LogP contribution in [0.5, 0.6) is 0 Å². The molecule has 0 heterocycles. The summed E-state index contributed by atoms with van der Waals surface area (Å²) in [5.74, 6) is 0. The van der Waals surface area contributed by atoms with Gasteiger partial charge in [0.1, 0.15) is 0 Å². The molecule has 2 nitrogen and oxygen atoms in total. The molecular formula is C9H15O2. The minimum atomic E-state index is -1.07. The maximum atomic E-state index is 10.8. The first kappa shape index (κ1) is 10.4. The normalized spacial score (nSPS) is 13.7. The van der Waals surface area contributed by atoms with Gasteiger partial charge in [0.2, 0.25) is 6.29 Å². The fourth-order valence-electron chi connectivity index (χ4n) is 0.520. The van der Waals surface area contributed by atoms with E-state index in [0.717, 1.165) is 6.42 Å². The second-order valence-electron chi connectivity index (χ2n) is 2.39. The van der Waals surface area contributed by atoms with Crippen LogP contribution in [0.4, 0.5) is 0 Å². The average Bonchev–Trinajstić information content (AvgIpc) is 1.97. The topological polar surface area (TPSA) is 29.1 Å². The molecule has 11 heavy (non-hydrogen) atoms. The van der Waals surface area contributed by atoms with Crippen molar-refractivity contribution in [2.45, 2.75) is 26.6 Å². The van der Waals surface area contributed by atoms with Crippen LogP contribution in [0.25, 0.3) is 0 Å². The second kappa shape index (κ2) is 6.13. The highest BCUT2D eigenvalue weighted by molar-refractivity contribution is 4.92. The molecule has 0 aliphatic carbocycles. The van der Waals surface area contributed by atoms with Gasteiger partial charge in [0, 0.05) is 0 Å². The molecule has 0 aromatic carbocycles. The highest BCUT2D eigenvalue weighted by Gasteiger charge is 2.03. The van der Waals surface area contributed by atoms with Crippen molar-refractivity contribution >= 4 is 0 Å². The minimum absolute atomic E-state index is 0.384. The van der Waals surface area contributed by atoms with Gasteiger partial charge in [-0.3, -0.25) is 0 Å². The molecular weight excluding hydrogens is 140 g/mol. The summed E-state index contributed by atoms with van der Waals surface area (Å²) in [5.41, 5.74) is 0.523. The van der Waals surface area contributed by atoms with Gasteiger partial charge in [-0.05, 0) is 18.9 Å². The predicted octanol–water partition coefficient (Wildman–Crippen LogP) is 2.30. The first-order chi connectivity index (χ1) is 5.18. The van der Waals surface area contributed by atoms with Crippen LogP contribution in [0.3, 0.4) is 0 Å². The Morgan fingerprint density at radius 3 is 2.73 bits per heavy atom. The molecule has 63 valence electrons. The van der Waals surface area contributed by atoms with Crippen molar-refractivity contribution in [2.24, 2.45) is 0 Å². The van der Waals surface area contributed by atoms with Crippen LogP contribution in [0.1, 0.15) is 20.3 Å². The molecule has 0 bridgehead atoms. The highest BCUT2D eigenvalue weighted by atomic mass is 16.6. The number of hydrogen-bond acceptors (Lipinski definition) is 1. The van der Waals surface area contributed by atoms with Gasteiger partial charge in [0.15, 0.2) is 0 Å². The first-order valence-corrected chi connectivity index (χ1v) is 3.76. The summed E-state index contributed by atoms with van der Waals surface area (Å²) < 4.78 is 4.86. The van der Waals surface area contributed by atoms with Gasteiger partial charge in [-0.15, -0.1) is 0 Å². The Morgan fingerprint density at radius 1 is 1.64 bits per heavy atom. The Balaban J connectivity index is 3.38. The molecule has 1 atom stereocenters. The van der Waals surface area contributed by atoms with E-state index < -0.39 is 6.29 Å². The van der Waals surface area contributed by atoms with E-state index in [9.17, 15) is 5.11 Å². The van der Waals surface area contributed by atoms with Gasteiger partial charge in [-0.2, -0.15) is 5.11 Å². The lowest BCUT2D eigenvalue weighted by atomic mass is 10.3. The molecule has 1 radical (unpaired) electrons. The zero-order valence-electron chi connectivity index (χ0n) is 7.17. The molecule has 0 aromatic heterocycles. The highest BCUT2D eigenvalue weighted by Crippen LogP contribution is 1.99. The maximum absolute atomic E-state index is 10.8. The zero-order chi connectivity index (χ0) is 8.69. The predicted molar refractivity (Wildman–Crippen MR) is 44.7 cm³/mol. The Morgan fingerprint density at radius 2 is 2.27 bits per heavy atom. The molecule has 0 aliphatic rings. The number of rotatable bonds is 5. The fourth-order valence-corrected chi connectivity index (χ4v) is 0.520. The third-order valence-electron chi connectivity index (χ3n) is 1.15. The smallest absolute Gasteiger partial charge is 0.213 e. The molecule has 0 spiro atoms. The van der Waals surface area contributed by atoms with Crippen molar-refractivity contribution in [3.05, 3.63) is 24.3 Å². The Kier molecular flexibility index (Phi) is 5.80. The van der Waals surface area contributed by atoms with E-state index in [1.807, 2.05) is 19.1 Å². The molecule has 0 aromatic rings. The van der Waals surface area contributed by atoms with E-state index in [1.54, 1.807) is 6.92 Å². The van der Waals surface area contributed by atoms with Crippen LogP contribution in [0.2, 0.25) is 0 Å². The minimum Gasteiger partial charge on any atom is -0.342 e. The Hall–Kier alpha value is -0.600.